The number of aromatic nitrogens is 3. The zero-order valence-electron chi connectivity index (χ0n) is 10.6. The molecule has 6 heteroatoms. The predicted molar refractivity (Wildman–Crippen MR) is 76.5 cm³/mol. The highest BCUT2D eigenvalue weighted by Gasteiger charge is 2.05. The standard InChI is InChI=1S/C13H14BrN5/c1-2-5-19-13(17-9-18-19)8-16-12-4-3-10(7-15)6-11(12)14/h3-4,6,9,16H,2,5,8H2,1H3. The van der Waals surface area contributed by atoms with Crippen molar-refractivity contribution in [2.24, 2.45) is 0 Å². The summed E-state index contributed by atoms with van der Waals surface area (Å²) in [6.07, 6.45) is 2.59. The first-order chi connectivity index (χ1) is 9.24. The van der Waals surface area contributed by atoms with Crippen LogP contribution in [-0.4, -0.2) is 14.8 Å². The molecule has 0 aliphatic rings. The molecule has 0 spiro atoms. The van der Waals surface area contributed by atoms with Crippen molar-refractivity contribution in [2.75, 3.05) is 5.32 Å². The molecule has 0 unspecified atom stereocenters. The third-order valence-corrected chi connectivity index (χ3v) is 3.32. The van der Waals surface area contributed by atoms with Crippen LogP contribution >= 0.6 is 15.9 Å². The van der Waals surface area contributed by atoms with Crippen molar-refractivity contribution in [2.45, 2.75) is 26.4 Å². The molecule has 0 aliphatic carbocycles. The lowest BCUT2D eigenvalue weighted by atomic mass is 10.2. The van der Waals surface area contributed by atoms with Gasteiger partial charge in [0.2, 0.25) is 0 Å². The van der Waals surface area contributed by atoms with E-state index in [1.807, 2.05) is 10.7 Å². The third kappa shape index (κ3) is 3.32. The molecule has 19 heavy (non-hydrogen) atoms. The molecule has 2 aromatic rings. The summed E-state index contributed by atoms with van der Waals surface area (Å²) >= 11 is 3.45. The Labute approximate surface area is 120 Å². The van der Waals surface area contributed by atoms with Crippen molar-refractivity contribution in [3.8, 4) is 6.07 Å². The lowest BCUT2D eigenvalue weighted by Gasteiger charge is -2.09. The molecule has 1 aromatic carbocycles. The van der Waals surface area contributed by atoms with E-state index in [0.717, 1.165) is 29.0 Å². The maximum atomic E-state index is 8.82. The monoisotopic (exact) mass is 319 g/mol. The van der Waals surface area contributed by atoms with Gasteiger partial charge in [-0.25, -0.2) is 9.67 Å². The van der Waals surface area contributed by atoms with Crippen LogP contribution in [0.15, 0.2) is 29.0 Å². The van der Waals surface area contributed by atoms with E-state index in [0.29, 0.717) is 12.1 Å². The fraction of sp³-hybridized carbons (Fsp3) is 0.308. The Morgan fingerprint density at radius 1 is 1.47 bits per heavy atom. The maximum absolute atomic E-state index is 8.82. The first-order valence-corrected chi connectivity index (χ1v) is 6.84. The van der Waals surface area contributed by atoms with E-state index in [1.54, 1.807) is 18.5 Å². The zero-order chi connectivity index (χ0) is 13.7. The number of benzene rings is 1. The van der Waals surface area contributed by atoms with Gasteiger partial charge in [-0.05, 0) is 40.5 Å². The Morgan fingerprint density at radius 3 is 3.00 bits per heavy atom. The van der Waals surface area contributed by atoms with Gasteiger partial charge in [0.15, 0.2) is 0 Å². The van der Waals surface area contributed by atoms with Gasteiger partial charge in [-0.1, -0.05) is 6.92 Å². The van der Waals surface area contributed by atoms with E-state index in [4.69, 9.17) is 5.26 Å². The van der Waals surface area contributed by atoms with E-state index in [2.05, 4.69) is 44.3 Å². The molecule has 0 saturated heterocycles. The van der Waals surface area contributed by atoms with Gasteiger partial charge in [0, 0.05) is 16.7 Å². The Kier molecular flexibility index (Phi) is 4.53. The molecular weight excluding hydrogens is 306 g/mol. The second-order valence-electron chi connectivity index (χ2n) is 4.06. The van der Waals surface area contributed by atoms with E-state index < -0.39 is 0 Å². The summed E-state index contributed by atoms with van der Waals surface area (Å²) in [6.45, 7) is 3.58. The van der Waals surface area contributed by atoms with Gasteiger partial charge in [0.1, 0.15) is 12.2 Å². The van der Waals surface area contributed by atoms with E-state index in [9.17, 15) is 0 Å². The van der Waals surface area contributed by atoms with Crippen LogP contribution in [0.25, 0.3) is 0 Å². The minimum atomic E-state index is 0.602. The van der Waals surface area contributed by atoms with Gasteiger partial charge in [-0.15, -0.1) is 0 Å². The number of nitrogens with zero attached hydrogens (tertiary/aromatic N) is 4. The number of nitriles is 1. The van der Waals surface area contributed by atoms with E-state index >= 15 is 0 Å². The normalized spacial score (nSPS) is 10.2. The molecule has 0 atom stereocenters. The van der Waals surface area contributed by atoms with Gasteiger partial charge < -0.3 is 5.32 Å². The van der Waals surface area contributed by atoms with Crippen LogP contribution < -0.4 is 5.32 Å². The number of rotatable bonds is 5. The molecule has 0 bridgehead atoms. The van der Waals surface area contributed by atoms with E-state index in [1.165, 1.54) is 0 Å². The van der Waals surface area contributed by atoms with Crippen molar-refractivity contribution < 1.29 is 0 Å². The summed E-state index contributed by atoms with van der Waals surface area (Å²) in [6, 6.07) is 7.56. The van der Waals surface area contributed by atoms with Crippen LogP contribution in [0.4, 0.5) is 5.69 Å². The summed E-state index contributed by atoms with van der Waals surface area (Å²) in [5, 5.41) is 16.3. The third-order valence-electron chi connectivity index (χ3n) is 2.67. The van der Waals surface area contributed by atoms with Crippen molar-refractivity contribution in [1.82, 2.24) is 14.8 Å². The molecule has 0 amide bonds. The molecule has 0 fully saturated rings. The average Bonchev–Trinajstić information content (AvgIpc) is 2.85. The summed E-state index contributed by atoms with van der Waals surface area (Å²) in [5.74, 6) is 0.901. The molecule has 1 N–H and O–H groups in total. The summed E-state index contributed by atoms with van der Waals surface area (Å²) in [4.78, 5) is 4.23. The molecule has 2 rings (SSSR count). The Hall–Kier alpha value is -1.87. The van der Waals surface area contributed by atoms with Crippen molar-refractivity contribution in [3.05, 3.63) is 40.4 Å². The van der Waals surface area contributed by atoms with Crippen LogP contribution in [0.3, 0.4) is 0 Å². The minimum Gasteiger partial charge on any atom is -0.377 e. The molecule has 1 heterocycles. The van der Waals surface area contributed by atoms with Gasteiger partial charge in [0.25, 0.3) is 0 Å². The number of aryl methyl sites for hydroxylation is 1. The summed E-state index contributed by atoms with van der Waals surface area (Å²) < 4.78 is 2.76. The van der Waals surface area contributed by atoms with Crippen LogP contribution in [0.2, 0.25) is 0 Å². The number of nitrogens with one attached hydrogen (secondary N) is 1. The summed E-state index contributed by atoms with van der Waals surface area (Å²) in [5.41, 5.74) is 1.57. The molecule has 0 radical (unpaired) electrons. The fourth-order valence-electron chi connectivity index (χ4n) is 1.73. The SMILES string of the molecule is CCCn1ncnc1CNc1ccc(C#N)cc1Br. The van der Waals surface area contributed by atoms with Gasteiger partial charge in [-0.3, -0.25) is 0 Å². The predicted octanol–water partition coefficient (Wildman–Crippen LogP) is 2.93. The van der Waals surface area contributed by atoms with Crippen molar-refractivity contribution in [3.63, 3.8) is 0 Å². The largest absolute Gasteiger partial charge is 0.377 e. The van der Waals surface area contributed by atoms with E-state index in [-0.39, 0.29) is 0 Å². The van der Waals surface area contributed by atoms with Gasteiger partial charge in [-0.2, -0.15) is 10.4 Å². The maximum Gasteiger partial charge on any atom is 0.146 e. The highest BCUT2D eigenvalue weighted by Crippen LogP contribution is 2.23. The lowest BCUT2D eigenvalue weighted by molar-refractivity contribution is 0.574. The molecule has 5 nitrogen and oxygen atoms in total. The van der Waals surface area contributed by atoms with Crippen LogP contribution in [-0.2, 0) is 13.1 Å². The Balaban J connectivity index is 2.06. The molecule has 98 valence electrons. The average molecular weight is 320 g/mol. The second-order valence-corrected chi connectivity index (χ2v) is 4.91. The smallest absolute Gasteiger partial charge is 0.146 e. The topological polar surface area (TPSA) is 66.5 Å². The Bertz CT molecular complexity index is 599. The zero-order valence-corrected chi connectivity index (χ0v) is 12.2. The van der Waals surface area contributed by atoms with Crippen LogP contribution in [0.1, 0.15) is 24.7 Å². The number of hydrogen-bond donors (Lipinski definition) is 1. The number of halogens is 1. The number of hydrogen-bond acceptors (Lipinski definition) is 4. The highest BCUT2D eigenvalue weighted by atomic mass is 79.9. The van der Waals surface area contributed by atoms with Crippen molar-refractivity contribution >= 4 is 21.6 Å². The second kappa shape index (κ2) is 6.34. The van der Waals surface area contributed by atoms with Gasteiger partial charge >= 0.3 is 0 Å². The first kappa shape index (κ1) is 13.6. The Morgan fingerprint density at radius 2 is 2.32 bits per heavy atom. The molecule has 0 aliphatic heterocycles. The van der Waals surface area contributed by atoms with Crippen LogP contribution in [0.5, 0.6) is 0 Å². The first-order valence-electron chi connectivity index (χ1n) is 6.04. The lowest BCUT2D eigenvalue weighted by Crippen LogP contribution is -2.10. The quantitative estimate of drug-likeness (QED) is 0.920. The van der Waals surface area contributed by atoms with Gasteiger partial charge in [0.05, 0.1) is 18.2 Å². The molecule has 1 aromatic heterocycles. The highest BCUT2D eigenvalue weighted by molar-refractivity contribution is 9.10. The fourth-order valence-corrected chi connectivity index (χ4v) is 2.24. The summed E-state index contributed by atoms with van der Waals surface area (Å²) in [7, 11) is 0. The minimum absolute atomic E-state index is 0.602. The molecule has 0 saturated carbocycles. The number of anilines is 1. The molecular formula is C13H14BrN5. The van der Waals surface area contributed by atoms with Crippen molar-refractivity contribution in [1.29, 1.82) is 5.26 Å². The van der Waals surface area contributed by atoms with Crippen LogP contribution in [0, 0.1) is 11.3 Å².